The maximum atomic E-state index is 9.32. The van der Waals surface area contributed by atoms with Gasteiger partial charge >= 0.3 is 0 Å². The van der Waals surface area contributed by atoms with Crippen LogP contribution in [0.5, 0.6) is 0 Å². The number of hydrogen-bond acceptors (Lipinski definition) is 3. The summed E-state index contributed by atoms with van der Waals surface area (Å²) in [6.45, 7) is 6.93. The molecule has 0 spiro atoms. The fourth-order valence-electron chi connectivity index (χ4n) is 2.31. The van der Waals surface area contributed by atoms with E-state index >= 15 is 0 Å². The van der Waals surface area contributed by atoms with E-state index in [9.17, 15) is 5.26 Å². The second-order valence-corrected chi connectivity index (χ2v) is 6.47. The quantitative estimate of drug-likeness (QED) is 0.874. The van der Waals surface area contributed by atoms with Gasteiger partial charge in [0.1, 0.15) is 5.54 Å². The van der Waals surface area contributed by atoms with Gasteiger partial charge in [-0.1, -0.05) is 0 Å². The average Bonchev–Trinajstić information content (AvgIpc) is 3.15. The monoisotopic (exact) mass is 324 g/mol. The molecule has 104 valence electrons. The molecule has 1 aliphatic rings. The van der Waals surface area contributed by atoms with E-state index in [1.54, 1.807) is 0 Å². The molecule has 1 unspecified atom stereocenters. The first-order chi connectivity index (χ1) is 8.95. The molecule has 19 heavy (non-hydrogen) atoms. The van der Waals surface area contributed by atoms with Crippen LogP contribution in [0, 0.1) is 25.2 Å². The predicted molar refractivity (Wildman–Crippen MR) is 78.8 cm³/mol. The maximum Gasteiger partial charge on any atom is 0.104 e. The van der Waals surface area contributed by atoms with Gasteiger partial charge in [0, 0.05) is 18.3 Å². The van der Waals surface area contributed by atoms with Crippen molar-refractivity contribution in [2.45, 2.75) is 64.6 Å². The molecule has 5 heteroatoms. The van der Waals surface area contributed by atoms with Crippen molar-refractivity contribution in [3.05, 3.63) is 15.9 Å². The minimum Gasteiger partial charge on any atom is -0.297 e. The molecule has 4 nitrogen and oxygen atoms in total. The Bertz CT molecular complexity index is 498. The Kier molecular flexibility index (Phi) is 4.32. The lowest BCUT2D eigenvalue weighted by Crippen LogP contribution is -2.42. The van der Waals surface area contributed by atoms with Crippen LogP contribution in [0.4, 0.5) is 0 Å². The van der Waals surface area contributed by atoms with Crippen molar-refractivity contribution in [1.29, 1.82) is 5.26 Å². The van der Waals surface area contributed by atoms with E-state index < -0.39 is 5.54 Å². The maximum absolute atomic E-state index is 9.32. The lowest BCUT2D eigenvalue weighted by Gasteiger charge is -2.23. The van der Waals surface area contributed by atoms with Crippen molar-refractivity contribution >= 4 is 15.9 Å². The van der Waals surface area contributed by atoms with Gasteiger partial charge in [0.05, 0.1) is 16.2 Å². The van der Waals surface area contributed by atoms with Crippen molar-refractivity contribution in [3.63, 3.8) is 0 Å². The van der Waals surface area contributed by atoms with Gasteiger partial charge in [-0.15, -0.1) is 0 Å². The zero-order chi connectivity index (χ0) is 14.0. The molecule has 1 aromatic heterocycles. The predicted octanol–water partition coefficient (Wildman–Crippen LogP) is 3.08. The van der Waals surface area contributed by atoms with E-state index in [4.69, 9.17) is 0 Å². The number of aromatic nitrogens is 2. The number of rotatable bonds is 6. The van der Waals surface area contributed by atoms with Gasteiger partial charge in [-0.3, -0.25) is 10.00 Å². The highest BCUT2D eigenvalue weighted by atomic mass is 79.9. The summed E-state index contributed by atoms with van der Waals surface area (Å²) >= 11 is 3.54. The summed E-state index contributed by atoms with van der Waals surface area (Å²) in [6, 6.07) is 2.98. The van der Waals surface area contributed by atoms with E-state index in [1.807, 2.05) is 18.5 Å². The van der Waals surface area contributed by atoms with Gasteiger partial charge in [-0.25, -0.2) is 0 Å². The Morgan fingerprint density at radius 1 is 1.53 bits per heavy atom. The van der Waals surface area contributed by atoms with Crippen molar-refractivity contribution in [2.75, 3.05) is 0 Å². The first-order valence-corrected chi connectivity index (χ1v) is 7.63. The lowest BCUT2D eigenvalue weighted by atomic mass is 9.97. The molecule has 0 aliphatic heterocycles. The largest absolute Gasteiger partial charge is 0.297 e. The first kappa shape index (κ1) is 14.5. The molecule has 1 fully saturated rings. The second-order valence-electron chi connectivity index (χ2n) is 5.67. The number of hydrogen-bond donors (Lipinski definition) is 1. The molecule has 1 N–H and O–H groups in total. The van der Waals surface area contributed by atoms with Crippen LogP contribution in [-0.2, 0) is 6.54 Å². The molecular weight excluding hydrogens is 304 g/mol. The first-order valence-electron chi connectivity index (χ1n) is 6.83. The molecule has 1 atom stereocenters. The van der Waals surface area contributed by atoms with Crippen LogP contribution in [0.1, 0.15) is 44.0 Å². The van der Waals surface area contributed by atoms with Gasteiger partial charge in [0.25, 0.3) is 0 Å². The van der Waals surface area contributed by atoms with E-state index in [0.717, 1.165) is 35.2 Å². The van der Waals surface area contributed by atoms with E-state index in [1.165, 1.54) is 12.8 Å². The molecule has 1 heterocycles. The van der Waals surface area contributed by atoms with Crippen molar-refractivity contribution in [3.8, 4) is 6.07 Å². The summed E-state index contributed by atoms with van der Waals surface area (Å²) in [4.78, 5) is 0. The van der Waals surface area contributed by atoms with Gasteiger partial charge in [-0.05, 0) is 62.4 Å². The molecule has 2 rings (SSSR count). The third-order valence-corrected chi connectivity index (χ3v) is 4.83. The Labute approximate surface area is 123 Å². The summed E-state index contributed by atoms with van der Waals surface area (Å²) in [6.07, 6.45) is 4.23. The lowest BCUT2D eigenvalue weighted by molar-refractivity contribution is 0.384. The van der Waals surface area contributed by atoms with Crippen molar-refractivity contribution < 1.29 is 0 Å². The molecule has 0 radical (unpaired) electrons. The zero-order valence-electron chi connectivity index (χ0n) is 11.8. The second kappa shape index (κ2) is 5.64. The summed E-state index contributed by atoms with van der Waals surface area (Å²) in [5.41, 5.74) is 1.79. The normalized spacial score (nSPS) is 18.1. The molecule has 1 aliphatic carbocycles. The third-order valence-electron chi connectivity index (χ3n) is 3.69. The van der Waals surface area contributed by atoms with Crippen LogP contribution < -0.4 is 5.32 Å². The number of halogens is 1. The Morgan fingerprint density at radius 2 is 2.21 bits per heavy atom. The number of nitriles is 1. The summed E-state index contributed by atoms with van der Waals surface area (Å²) in [5.74, 6) is 0. The number of nitrogens with one attached hydrogen (secondary N) is 1. The molecule has 0 saturated heterocycles. The van der Waals surface area contributed by atoms with E-state index in [-0.39, 0.29) is 0 Å². The van der Waals surface area contributed by atoms with Gasteiger partial charge in [0.15, 0.2) is 0 Å². The standard InChI is InChI=1S/C14H21BrN4/c1-10-13(15)11(2)19(18-10)8-4-7-14(3,9-16)17-12-5-6-12/h12,17H,4-8H2,1-3H3. The minimum atomic E-state index is -0.394. The van der Waals surface area contributed by atoms with Crippen molar-refractivity contribution in [1.82, 2.24) is 15.1 Å². The number of nitrogens with zero attached hydrogens (tertiary/aromatic N) is 3. The highest BCUT2D eigenvalue weighted by molar-refractivity contribution is 9.10. The zero-order valence-corrected chi connectivity index (χ0v) is 13.4. The molecule has 0 aromatic carbocycles. The summed E-state index contributed by atoms with van der Waals surface area (Å²) in [5, 5.41) is 17.2. The van der Waals surface area contributed by atoms with Crippen LogP contribution >= 0.6 is 15.9 Å². The summed E-state index contributed by atoms with van der Waals surface area (Å²) in [7, 11) is 0. The smallest absolute Gasteiger partial charge is 0.104 e. The van der Waals surface area contributed by atoms with Gasteiger partial charge in [-0.2, -0.15) is 10.4 Å². The molecule has 0 bridgehead atoms. The minimum absolute atomic E-state index is 0.394. The fourth-order valence-corrected chi connectivity index (χ4v) is 2.60. The summed E-state index contributed by atoms with van der Waals surface area (Å²) < 4.78 is 3.11. The topological polar surface area (TPSA) is 53.6 Å². The Hall–Kier alpha value is -0.860. The van der Waals surface area contributed by atoms with E-state index in [0.29, 0.717) is 6.04 Å². The molecular formula is C14H21BrN4. The molecule has 1 saturated carbocycles. The fraction of sp³-hybridized carbons (Fsp3) is 0.714. The van der Waals surface area contributed by atoms with E-state index in [2.05, 4.69) is 39.3 Å². The van der Waals surface area contributed by atoms with Crippen LogP contribution in [0.2, 0.25) is 0 Å². The van der Waals surface area contributed by atoms with Gasteiger partial charge < -0.3 is 0 Å². The van der Waals surface area contributed by atoms with Crippen LogP contribution in [0.25, 0.3) is 0 Å². The highest BCUT2D eigenvalue weighted by Crippen LogP contribution is 2.25. The average molecular weight is 325 g/mol. The Balaban J connectivity index is 1.88. The SMILES string of the molecule is Cc1nn(CCCC(C)(C#N)NC2CC2)c(C)c1Br. The third kappa shape index (κ3) is 3.58. The molecule has 0 amide bonds. The van der Waals surface area contributed by atoms with Crippen LogP contribution in [-0.4, -0.2) is 21.4 Å². The van der Waals surface area contributed by atoms with Gasteiger partial charge in [0.2, 0.25) is 0 Å². The van der Waals surface area contributed by atoms with Crippen LogP contribution in [0.15, 0.2) is 4.47 Å². The molecule has 1 aromatic rings. The van der Waals surface area contributed by atoms with Crippen LogP contribution in [0.3, 0.4) is 0 Å². The Morgan fingerprint density at radius 3 is 2.68 bits per heavy atom. The highest BCUT2D eigenvalue weighted by Gasteiger charge is 2.32. The number of aryl methyl sites for hydroxylation is 2. The van der Waals surface area contributed by atoms with Crippen molar-refractivity contribution in [2.24, 2.45) is 0 Å².